The molecule has 1 saturated carbocycles. The lowest BCUT2D eigenvalue weighted by molar-refractivity contribution is -0.0338. The molecule has 1 aromatic carbocycles. The van der Waals surface area contributed by atoms with Gasteiger partial charge in [-0.05, 0) is 38.0 Å². The van der Waals surface area contributed by atoms with E-state index in [1.165, 1.54) is 13.3 Å². The summed E-state index contributed by atoms with van der Waals surface area (Å²) in [5.74, 6) is 0.491. The number of ether oxygens (including phenoxy) is 1. The molecule has 0 spiro atoms. The van der Waals surface area contributed by atoms with Crippen molar-refractivity contribution in [1.29, 1.82) is 0 Å². The average molecular weight is 283 g/mol. The molecule has 0 aliphatic heterocycles. The monoisotopic (exact) mass is 282 g/mol. The number of ketones is 1. The predicted octanol–water partition coefficient (Wildman–Crippen LogP) is 3.62. The highest BCUT2D eigenvalue weighted by Gasteiger charge is 2.30. The lowest BCUT2D eigenvalue weighted by atomic mass is 9.85. The minimum atomic E-state index is -0.735. The van der Waals surface area contributed by atoms with Crippen LogP contribution in [0, 0.1) is 0 Å². The van der Waals surface area contributed by atoms with Crippen molar-refractivity contribution in [1.82, 2.24) is 0 Å². The number of aliphatic hydroxyl groups is 1. The Bertz CT molecular complexity index is 464. The predicted molar refractivity (Wildman–Crippen MR) is 75.0 cm³/mol. The molecule has 0 aromatic heterocycles. The molecular formula is C15H19ClO3. The van der Waals surface area contributed by atoms with E-state index in [1.54, 1.807) is 18.2 Å². The van der Waals surface area contributed by atoms with Gasteiger partial charge in [-0.1, -0.05) is 30.9 Å². The first-order valence-corrected chi connectivity index (χ1v) is 7.04. The van der Waals surface area contributed by atoms with Crippen molar-refractivity contribution >= 4 is 17.4 Å². The van der Waals surface area contributed by atoms with E-state index in [-0.39, 0.29) is 12.4 Å². The lowest BCUT2D eigenvalue weighted by Gasteiger charge is -2.31. The molecule has 4 heteroatoms. The lowest BCUT2D eigenvalue weighted by Crippen LogP contribution is -2.37. The van der Waals surface area contributed by atoms with Crippen molar-refractivity contribution in [3.05, 3.63) is 28.8 Å². The molecule has 0 unspecified atom stereocenters. The first kappa shape index (κ1) is 14.4. The number of Topliss-reactive ketones (excluding diaryl/α,β-unsaturated/α-hetero) is 1. The van der Waals surface area contributed by atoms with Crippen molar-refractivity contribution in [2.75, 3.05) is 6.61 Å². The summed E-state index contributed by atoms with van der Waals surface area (Å²) in [5.41, 5.74) is -0.172. The van der Waals surface area contributed by atoms with Crippen LogP contribution in [0.4, 0.5) is 0 Å². The molecule has 1 aliphatic carbocycles. The highest BCUT2D eigenvalue weighted by molar-refractivity contribution is 6.32. The molecule has 1 N–H and O–H groups in total. The van der Waals surface area contributed by atoms with E-state index >= 15 is 0 Å². The van der Waals surface area contributed by atoms with Crippen LogP contribution in [0.1, 0.15) is 49.4 Å². The van der Waals surface area contributed by atoms with Gasteiger partial charge in [0.05, 0.1) is 10.6 Å². The summed E-state index contributed by atoms with van der Waals surface area (Å²) in [5, 5.41) is 10.8. The van der Waals surface area contributed by atoms with Gasteiger partial charge in [-0.2, -0.15) is 0 Å². The van der Waals surface area contributed by atoms with Crippen LogP contribution in [-0.4, -0.2) is 23.1 Å². The molecule has 1 aliphatic rings. The molecule has 0 saturated heterocycles. The third-order valence-corrected chi connectivity index (χ3v) is 3.91. The minimum Gasteiger partial charge on any atom is -0.489 e. The number of halogens is 1. The summed E-state index contributed by atoms with van der Waals surface area (Å²) in [6.45, 7) is 1.75. The Kier molecular flexibility index (Phi) is 4.48. The van der Waals surface area contributed by atoms with Crippen LogP contribution >= 0.6 is 11.6 Å². The van der Waals surface area contributed by atoms with Gasteiger partial charge in [0.15, 0.2) is 5.78 Å². The number of rotatable bonds is 4. The maximum Gasteiger partial charge on any atom is 0.159 e. The Labute approximate surface area is 118 Å². The highest BCUT2D eigenvalue weighted by Crippen LogP contribution is 2.31. The summed E-state index contributed by atoms with van der Waals surface area (Å²) in [6.07, 6.45) is 4.80. The number of hydrogen-bond donors (Lipinski definition) is 1. The fourth-order valence-electron chi connectivity index (χ4n) is 2.40. The SMILES string of the molecule is CC(=O)c1ccc(OCC2(O)CCCCC2)c(Cl)c1. The van der Waals surface area contributed by atoms with Crippen LogP contribution in [0.2, 0.25) is 5.02 Å². The Hall–Kier alpha value is -1.06. The first-order chi connectivity index (χ1) is 9.00. The summed E-state index contributed by atoms with van der Waals surface area (Å²) >= 11 is 6.08. The van der Waals surface area contributed by atoms with E-state index in [0.717, 1.165) is 25.7 Å². The van der Waals surface area contributed by atoms with E-state index in [4.69, 9.17) is 16.3 Å². The zero-order chi connectivity index (χ0) is 13.9. The van der Waals surface area contributed by atoms with E-state index in [1.807, 2.05) is 0 Å². The smallest absolute Gasteiger partial charge is 0.159 e. The van der Waals surface area contributed by atoms with Gasteiger partial charge in [0.25, 0.3) is 0 Å². The van der Waals surface area contributed by atoms with Crippen LogP contribution in [0.15, 0.2) is 18.2 Å². The maximum absolute atomic E-state index is 11.2. The molecule has 2 rings (SSSR count). The Morgan fingerprint density at radius 1 is 1.37 bits per heavy atom. The topological polar surface area (TPSA) is 46.5 Å². The summed E-state index contributed by atoms with van der Waals surface area (Å²) in [7, 11) is 0. The molecule has 3 nitrogen and oxygen atoms in total. The molecule has 0 radical (unpaired) electrons. The summed E-state index contributed by atoms with van der Waals surface area (Å²) in [6, 6.07) is 4.98. The van der Waals surface area contributed by atoms with Crippen LogP contribution < -0.4 is 4.74 Å². The number of carbonyl (C=O) groups excluding carboxylic acids is 1. The molecule has 0 atom stereocenters. The molecule has 0 heterocycles. The minimum absolute atomic E-state index is 0.0284. The van der Waals surface area contributed by atoms with Crippen LogP contribution in [0.25, 0.3) is 0 Å². The van der Waals surface area contributed by atoms with E-state index in [9.17, 15) is 9.90 Å². The van der Waals surface area contributed by atoms with Crippen molar-refractivity contribution < 1.29 is 14.6 Å². The van der Waals surface area contributed by atoms with Gasteiger partial charge in [0.2, 0.25) is 0 Å². The first-order valence-electron chi connectivity index (χ1n) is 6.66. The van der Waals surface area contributed by atoms with Gasteiger partial charge in [-0.3, -0.25) is 4.79 Å². The van der Waals surface area contributed by atoms with Crippen molar-refractivity contribution in [2.24, 2.45) is 0 Å². The molecule has 104 valence electrons. The van der Waals surface area contributed by atoms with Gasteiger partial charge < -0.3 is 9.84 Å². The Morgan fingerprint density at radius 3 is 2.63 bits per heavy atom. The van der Waals surface area contributed by atoms with Crippen molar-refractivity contribution in [3.8, 4) is 5.75 Å². The second-order valence-electron chi connectivity index (χ2n) is 5.28. The summed E-state index contributed by atoms with van der Waals surface area (Å²) < 4.78 is 5.62. The largest absolute Gasteiger partial charge is 0.489 e. The molecule has 1 aromatic rings. The highest BCUT2D eigenvalue weighted by atomic mass is 35.5. The standard InChI is InChI=1S/C15H19ClO3/c1-11(17)12-5-6-14(13(16)9-12)19-10-15(18)7-3-2-4-8-15/h5-6,9,18H,2-4,7-8,10H2,1H3. The van der Waals surface area contributed by atoms with E-state index < -0.39 is 5.60 Å². The van der Waals surface area contributed by atoms with Gasteiger partial charge >= 0.3 is 0 Å². The quantitative estimate of drug-likeness (QED) is 0.858. The molecule has 1 fully saturated rings. The maximum atomic E-state index is 11.2. The van der Waals surface area contributed by atoms with Gasteiger partial charge in [0, 0.05) is 5.56 Å². The van der Waals surface area contributed by atoms with Gasteiger partial charge in [-0.15, -0.1) is 0 Å². The van der Waals surface area contributed by atoms with E-state index in [0.29, 0.717) is 16.3 Å². The van der Waals surface area contributed by atoms with Crippen LogP contribution in [0.3, 0.4) is 0 Å². The fraction of sp³-hybridized carbons (Fsp3) is 0.533. The zero-order valence-electron chi connectivity index (χ0n) is 11.1. The Balaban J connectivity index is 2.01. The fourth-order valence-corrected chi connectivity index (χ4v) is 2.64. The second kappa shape index (κ2) is 5.93. The van der Waals surface area contributed by atoms with E-state index in [2.05, 4.69) is 0 Å². The second-order valence-corrected chi connectivity index (χ2v) is 5.68. The van der Waals surface area contributed by atoms with Crippen molar-refractivity contribution in [2.45, 2.75) is 44.6 Å². The van der Waals surface area contributed by atoms with Gasteiger partial charge in [0.1, 0.15) is 12.4 Å². The van der Waals surface area contributed by atoms with Crippen LogP contribution in [0.5, 0.6) is 5.75 Å². The third kappa shape index (κ3) is 3.71. The molecule has 0 bridgehead atoms. The number of hydrogen-bond acceptors (Lipinski definition) is 3. The molecule has 19 heavy (non-hydrogen) atoms. The Morgan fingerprint density at radius 2 is 2.05 bits per heavy atom. The average Bonchev–Trinajstić information content (AvgIpc) is 2.38. The van der Waals surface area contributed by atoms with Crippen molar-refractivity contribution in [3.63, 3.8) is 0 Å². The van der Waals surface area contributed by atoms with Gasteiger partial charge in [-0.25, -0.2) is 0 Å². The van der Waals surface area contributed by atoms with Crippen LogP contribution in [-0.2, 0) is 0 Å². The zero-order valence-corrected chi connectivity index (χ0v) is 11.9. The molecule has 0 amide bonds. The number of benzene rings is 1. The third-order valence-electron chi connectivity index (χ3n) is 3.62. The normalized spacial score (nSPS) is 18.1. The number of carbonyl (C=O) groups is 1. The summed E-state index contributed by atoms with van der Waals surface area (Å²) in [4.78, 5) is 11.2. The molecular weight excluding hydrogens is 264 g/mol.